The zero-order valence-electron chi connectivity index (χ0n) is 13.8. The Kier molecular flexibility index (Phi) is 5.05. The molecule has 0 spiro atoms. The highest BCUT2D eigenvalue weighted by Gasteiger charge is 2.05. The largest absolute Gasteiger partial charge is 0.298 e. The standard InChI is InChI=1S/C20H20N4/c1-23(13-19-9-5-8-18(10-19)11-21)14-20-12-22-24(16-20)15-17-6-3-2-4-7-17/h2-10,12,16H,13-15H2,1H3. The Balaban J connectivity index is 1.59. The van der Waals surface area contributed by atoms with Crippen LogP contribution in [-0.2, 0) is 19.6 Å². The van der Waals surface area contributed by atoms with Gasteiger partial charge in [0.1, 0.15) is 0 Å². The monoisotopic (exact) mass is 316 g/mol. The van der Waals surface area contributed by atoms with Crippen molar-refractivity contribution in [3.63, 3.8) is 0 Å². The van der Waals surface area contributed by atoms with Crippen molar-refractivity contribution in [1.29, 1.82) is 5.26 Å². The lowest BCUT2D eigenvalue weighted by atomic mass is 10.1. The van der Waals surface area contributed by atoms with E-state index in [2.05, 4.69) is 47.5 Å². The molecule has 0 unspecified atom stereocenters. The second-order valence-corrected chi connectivity index (χ2v) is 6.02. The fourth-order valence-corrected chi connectivity index (χ4v) is 2.76. The molecule has 4 nitrogen and oxygen atoms in total. The molecule has 0 aliphatic carbocycles. The maximum atomic E-state index is 8.98. The lowest BCUT2D eigenvalue weighted by Crippen LogP contribution is -2.17. The van der Waals surface area contributed by atoms with Gasteiger partial charge >= 0.3 is 0 Å². The van der Waals surface area contributed by atoms with Crippen molar-refractivity contribution in [3.05, 3.63) is 89.2 Å². The highest BCUT2D eigenvalue weighted by molar-refractivity contribution is 5.32. The van der Waals surface area contributed by atoms with Crippen molar-refractivity contribution >= 4 is 0 Å². The number of nitrogens with zero attached hydrogens (tertiary/aromatic N) is 4. The number of rotatable bonds is 6. The maximum absolute atomic E-state index is 8.98. The van der Waals surface area contributed by atoms with Gasteiger partial charge in [-0.3, -0.25) is 9.58 Å². The van der Waals surface area contributed by atoms with Gasteiger partial charge in [-0.05, 0) is 30.3 Å². The van der Waals surface area contributed by atoms with E-state index in [0.29, 0.717) is 5.56 Å². The summed E-state index contributed by atoms with van der Waals surface area (Å²) in [6, 6.07) is 20.3. The lowest BCUT2D eigenvalue weighted by molar-refractivity contribution is 0.319. The van der Waals surface area contributed by atoms with Crippen molar-refractivity contribution in [1.82, 2.24) is 14.7 Å². The molecule has 1 aromatic heterocycles. The molecule has 3 aromatic rings. The molecule has 0 amide bonds. The molecule has 0 saturated heterocycles. The van der Waals surface area contributed by atoms with Crippen LogP contribution in [0.3, 0.4) is 0 Å². The fourth-order valence-electron chi connectivity index (χ4n) is 2.76. The first-order valence-corrected chi connectivity index (χ1v) is 7.96. The second-order valence-electron chi connectivity index (χ2n) is 6.02. The maximum Gasteiger partial charge on any atom is 0.0991 e. The summed E-state index contributed by atoms with van der Waals surface area (Å²) in [5, 5.41) is 13.4. The van der Waals surface area contributed by atoms with Crippen LogP contribution >= 0.6 is 0 Å². The van der Waals surface area contributed by atoms with E-state index in [1.54, 1.807) is 0 Å². The Morgan fingerprint density at radius 2 is 1.75 bits per heavy atom. The van der Waals surface area contributed by atoms with Gasteiger partial charge in [0, 0.05) is 24.8 Å². The van der Waals surface area contributed by atoms with Gasteiger partial charge < -0.3 is 0 Å². The van der Waals surface area contributed by atoms with Gasteiger partial charge in [-0.2, -0.15) is 10.4 Å². The summed E-state index contributed by atoms with van der Waals surface area (Å²) in [4.78, 5) is 2.22. The minimum absolute atomic E-state index is 0.705. The minimum atomic E-state index is 0.705. The van der Waals surface area contributed by atoms with Crippen molar-refractivity contribution in [3.8, 4) is 6.07 Å². The van der Waals surface area contributed by atoms with E-state index in [0.717, 1.165) is 25.2 Å². The number of aromatic nitrogens is 2. The molecular formula is C20H20N4. The van der Waals surface area contributed by atoms with E-state index >= 15 is 0 Å². The zero-order valence-corrected chi connectivity index (χ0v) is 13.8. The van der Waals surface area contributed by atoms with Gasteiger partial charge in [0.25, 0.3) is 0 Å². The van der Waals surface area contributed by atoms with Gasteiger partial charge in [-0.1, -0.05) is 42.5 Å². The number of nitriles is 1. The van der Waals surface area contributed by atoms with Crippen molar-refractivity contribution in [2.45, 2.75) is 19.6 Å². The SMILES string of the molecule is CN(Cc1cccc(C#N)c1)Cc1cnn(Cc2ccccc2)c1. The van der Waals surface area contributed by atoms with Crippen molar-refractivity contribution in [2.75, 3.05) is 7.05 Å². The topological polar surface area (TPSA) is 44.9 Å². The molecule has 120 valence electrons. The van der Waals surface area contributed by atoms with Crippen molar-refractivity contribution in [2.24, 2.45) is 0 Å². The Morgan fingerprint density at radius 1 is 1.00 bits per heavy atom. The molecule has 0 saturated carbocycles. The zero-order chi connectivity index (χ0) is 16.8. The lowest BCUT2D eigenvalue weighted by Gasteiger charge is -2.15. The van der Waals surface area contributed by atoms with Crippen LogP contribution in [0.5, 0.6) is 0 Å². The Labute approximate surface area is 142 Å². The van der Waals surface area contributed by atoms with Gasteiger partial charge in [-0.25, -0.2) is 0 Å². The van der Waals surface area contributed by atoms with Crippen LogP contribution in [0.4, 0.5) is 0 Å². The molecule has 1 heterocycles. The average Bonchev–Trinajstić information content (AvgIpc) is 3.02. The van der Waals surface area contributed by atoms with E-state index in [1.165, 1.54) is 11.1 Å². The Morgan fingerprint density at radius 3 is 2.54 bits per heavy atom. The first-order valence-electron chi connectivity index (χ1n) is 7.96. The normalized spacial score (nSPS) is 10.7. The van der Waals surface area contributed by atoms with E-state index in [-0.39, 0.29) is 0 Å². The Hall–Kier alpha value is -2.90. The van der Waals surface area contributed by atoms with Crippen LogP contribution in [0.25, 0.3) is 0 Å². The molecule has 0 radical (unpaired) electrons. The minimum Gasteiger partial charge on any atom is -0.298 e. The summed E-state index contributed by atoms with van der Waals surface area (Å²) >= 11 is 0. The van der Waals surface area contributed by atoms with Gasteiger partial charge in [-0.15, -0.1) is 0 Å². The number of benzene rings is 2. The third-order valence-electron chi connectivity index (χ3n) is 3.84. The van der Waals surface area contributed by atoms with E-state index in [4.69, 9.17) is 5.26 Å². The molecule has 2 aromatic carbocycles. The van der Waals surface area contributed by atoms with E-state index in [9.17, 15) is 0 Å². The highest BCUT2D eigenvalue weighted by atomic mass is 15.3. The van der Waals surface area contributed by atoms with Crippen LogP contribution in [0.2, 0.25) is 0 Å². The molecule has 0 aliphatic rings. The number of hydrogen-bond donors (Lipinski definition) is 0. The first-order chi connectivity index (χ1) is 11.7. The summed E-state index contributed by atoms with van der Waals surface area (Å²) < 4.78 is 1.97. The quantitative estimate of drug-likeness (QED) is 0.700. The van der Waals surface area contributed by atoms with Gasteiger partial charge in [0.05, 0.1) is 24.4 Å². The van der Waals surface area contributed by atoms with Crippen LogP contribution in [-0.4, -0.2) is 21.7 Å². The van der Waals surface area contributed by atoms with Gasteiger partial charge in [0.15, 0.2) is 0 Å². The third kappa shape index (κ3) is 4.31. The third-order valence-corrected chi connectivity index (χ3v) is 3.84. The molecule has 0 fully saturated rings. The average molecular weight is 316 g/mol. The fraction of sp³-hybridized carbons (Fsp3) is 0.200. The molecule has 3 rings (SSSR count). The molecule has 0 aliphatic heterocycles. The molecule has 0 atom stereocenters. The summed E-state index contributed by atoms with van der Waals surface area (Å²) in [7, 11) is 2.08. The Bertz CT molecular complexity index is 830. The van der Waals surface area contributed by atoms with Gasteiger partial charge in [0.2, 0.25) is 0 Å². The van der Waals surface area contributed by atoms with Crippen LogP contribution in [0.15, 0.2) is 67.0 Å². The summed E-state index contributed by atoms with van der Waals surface area (Å²) in [6.45, 7) is 2.42. The molecule has 24 heavy (non-hydrogen) atoms. The first kappa shape index (κ1) is 16.0. The van der Waals surface area contributed by atoms with E-state index < -0.39 is 0 Å². The predicted octanol–water partition coefficient (Wildman–Crippen LogP) is 3.44. The molecule has 4 heteroatoms. The molecule has 0 bridgehead atoms. The van der Waals surface area contributed by atoms with Crippen LogP contribution < -0.4 is 0 Å². The van der Waals surface area contributed by atoms with Crippen LogP contribution in [0.1, 0.15) is 22.3 Å². The second kappa shape index (κ2) is 7.58. The summed E-state index contributed by atoms with van der Waals surface area (Å²) in [5.41, 5.74) is 4.28. The smallest absolute Gasteiger partial charge is 0.0991 e. The highest BCUT2D eigenvalue weighted by Crippen LogP contribution is 2.10. The molecule has 0 N–H and O–H groups in total. The molecular weight excluding hydrogens is 296 g/mol. The van der Waals surface area contributed by atoms with Crippen molar-refractivity contribution < 1.29 is 0 Å². The van der Waals surface area contributed by atoms with E-state index in [1.807, 2.05) is 47.3 Å². The van der Waals surface area contributed by atoms with Crippen LogP contribution in [0, 0.1) is 11.3 Å². The summed E-state index contributed by atoms with van der Waals surface area (Å²) in [5.74, 6) is 0. The predicted molar refractivity (Wildman–Crippen MR) is 94.1 cm³/mol. The number of hydrogen-bond acceptors (Lipinski definition) is 3. The summed E-state index contributed by atoms with van der Waals surface area (Å²) in [6.07, 6.45) is 4.01.